The zero-order chi connectivity index (χ0) is 30.0. The zero-order valence-corrected chi connectivity index (χ0v) is 27.3. The Morgan fingerprint density at radius 2 is 0.923 bits per heavy atom. The summed E-state index contributed by atoms with van der Waals surface area (Å²) in [5.74, 6) is 0.564. The number of anilines is 2. The molecule has 2 N–H and O–H groups in total. The molecule has 220 valence electrons. The van der Waals surface area contributed by atoms with Gasteiger partial charge in [0.15, 0.2) is 0 Å². The second-order valence-electron chi connectivity index (χ2n) is 13.9. The Hall–Kier alpha value is -2.20. The minimum Gasteiger partial charge on any atom is -0.505 e. The maximum Gasteiger partial charge on any atom is 0.142 e. The van der Waals surface area contributed by atoms with Gasteiger partial charge in [-0.05, 0) is 70.6 Å². The van der Waals surface area contributed by atoms with Gasteiger partial charge in [-0.3, -0.25) is 0 Å². The number of aromatic hydroxyl groups is 2. The van der Waals surface area contributed by atoms with Gasteiger partial charge in [0.2, 0.25) is 0 Å². The van der Waals surface area contributed by atoms with E-state index in [2.05, 4.69) is 112 Å². The molecule has 0 saturated heterocycles. The van der Waals surface area contributed by atoms with Crippen LogP contribution in [0.4, 0.5) is 11.4 Å². The Morgan fingerprint density at radius 1 is 0.590 bits per heavy atom. The molecule has 0 aliphatic heterocycles. The van der Waals surface area contributed by atoms with Gasteiger partial charge < -0.3 is 19.8 Å². The van der Waals surface area contributed by atoms with Crippen LogP contribution in [0.3, 0.4) is 0 Å². The molecule has 0 spiro atoms. The minimum atomic E-state index is -0.213. The van der Waals surface area contributed by atoms with Gasteiger partial charge in [0.25, 0.3) is 0 Å². The van der Waals surface area contributed by atoms with Crippen molar-refractivity contribution in [1.29, 1.82) is 0 Å². The summed E-state index contributed by atoms with van der Waals surface area (Å²) in [7, 11) is 1.70. The molecular formula is C35H57NO3. The smallest absolute Gasteiger partial charge is 0.142 e. The third-order valence-electron chi connectivity index (χ3n) is 9.84. The molecule has 0 bridgehead atoms. The van der Waals surface area contributed by atoms with Crippen LogP contribution in [0, 0.1) is 0 Å². The molecule has 0 saturated carbocycles. The third-order valence-corrected chi connectivity index (χ3v) is 9.84. The normalized spacial score (nSPS) is 13.2. The first-order valence-electron chi connectivity index (χ1n) is 15.0. The molecule has 0 fully saturated rings. The molecule has 0 aromatic heterocycles. The summed E-state index contributed by atoms with van der Waals surface area (Å²) >= 11 is 0. The molecule has 2 rings (SSSR count). The highest BCUT2D eigenvalue weighted by atomic mass is 16.5. The predicted octanol–water partition coefficient (Wildman–Crippen LogP) is 9.63. The van der Waals surface area contributed by atoms with E-state index in [1.54, 1.807) is 7.11 Å². The van der Waals surface area contributed by atoms with Crippen molar-refractivity contribution >= 4 is 11.4 Å². The predicted molar refractivity (Wildman–Crippen MR) is 168 cm³/mol. The number of hydrogen-bond acceptors (Lipinski definition) is 4. The number of nitrogens with zero attached hydrogens (tertiary/aromatic N) is 1. The summed E-state index contributed by atoms with van der Waals surface area (Å²) in [5.41, 5.74) is 5.15. The highest BCUT2D eigenvalue weighted by Crippen LogP contribution is 2.50. The van der Waals surface area contributed by atoms with E-state index in [1.807, 2.05) is 0 Å². The summed E-state index contributed by atoms with van der Waals surface area (Å²) in [6.07, 6.45) is 3.74. The largest absolute Gasteiger partial charge is 0.505 e. The average molecular weight is 540 g/mol. The number of phenolic OH excluding ortho intramolecular Hbond substituents is 2. The van der Waals surface area contributed by atoms with E-state index in [0.717, 1.165) is 48.2 Å². The van der Waals surface area contributed by atoms with Crippen LogP contribution in [0.5, 0.6) is 11.5 Å². The van der Waals surface area contributed by atoms with Gasteiger partial charge in [0.1, 0.15) is 11.5 Å². The second kappa shape index (κ2) is 12.1. The lowest BCUT2D eigenvalue weighted by molar-refractivity contribution is 0.207. The van der Waals surface area contributed by atoms with Crippen molar-refractivity contribution in [2.75, 3.05) is 25.2 Å². The van der Waals surface area contributed by atoms with Gasteiger partial charge in [0, 0.05) is 24.8 Å². The molecule has 0 atom stereocenters. The van der Waals surface area contributed by atoms with E-state index >= 15 is 0 Å². The first-order chi connectivity index (χ1) is 17.9. The lowest BCUT2D eigenvalue weighted by atomic mass is 9.75. The Balaban J connectivity index is 3.08. The van der Waals surface area contributed by atoms with Crippen molar-refractivity contribution in [3.05, 3.63) is 46.5 Å². The van der Waals surface area contributed by atoms with E-state index in [4.69, 9.17) is 4.74 Å². The van der Waals surface area contributed by atoms with E-state index in [1.165, 1.54) is 11.1 Å². The number of hydrogen-bond donors (Lipinski definition) is 2. The molecular weight excluding hydrogens is 482 g/mol. The van der Waals surface area contributed by atoms with Gasteiger partial charge in [0.05, 0.1) is 18.0 Å². The van der Waals surface area contributed by atoms with Crippen molar-refractivity contribution < 1.29 is 14.9 Å². The summed E-state index contributed by atoms with van der Waals surface area (Å²) in [6, 6.07) is 8.65. The van der Waals surface area contributed by atoms with Crippen LogP contribution in [-0.2, 0) is 26.4 Å². The van der Waals surface area contributed by atoms with Gasteiger partial charge in [-0.2, -0.15) is 0 Å². The number of rotatable bonds is 13. The van der Waals surface area contributed by atoms with E-state index in [-0.39, 0.29) is 33.2 Å². The fraction of sp³-hybridized carbons (Fsp3) is 0.657. The number of ether oxygens (including phenoxy) is 1. The van der Waals surface area contributed by atoms with Crippen LogP contribution in [-0.4, -0.2) is 30.5 Å². The highest BCUT2D eigenvalue weighted by molar-refractivity contribution is 5.78. The minimum absolute atomic E-state index is 0.0720. The van der Waals surface area contributed by atoms with Crippen molar-refractivity contribution in [2.45, 2.75) is 130 Å². The molecule has 4 nitrogen and oxygen atoms in total. The fourth-order valence-electron chi connectivity index (χ4n) is 4.81. The monoisotopic (exact) mass is 539 g/mol. The number of methoxy groups -OCH3 is 1. The van der Waals surface area contributed by atoms with Gasteiger partial charge in [-0.1, -0.05) is 95.2 Å². The van der Waals surface area contributed by atoms with Gasteiger partial charge >= 0.3 is 0 Å². The van der Waals surface area contributed by atoms with Gasteiger partial charge in [-0.25, -0.2) is 0 Å². The van der Waals surface area contributed by atoms with Crippen LogP contribution in [0.25, 0.3) is 0 Å². The molecule has 0 unspecified atom stereocenters. The average Bonchev–Trinajstić information content (AvgIpc) is 2.89. The Morgan fingerprint density at radius 3 is 1.21 bits per heavy atom. The summed E-state index contributed by atoms with van der Waals surface area (Å²) < 4.78 is 5.56. The maximum atomic E-state index is 11.9. The lowest BCUT2D eigenvalue weighted by Gasteiger charge is -2.36. The Kier molecular flexibility index (Phi) is 10.3. The Bertz CT molecular complexity index is 1040. The van der Waals surface area contributed by atoms with Crippen molar-refractivity contribution in [1.82, 2.24) is 0 Å². The summed E-state index contributed by atoms with van der Waals surface area (Å²) in [5, 5.41) is 23.9. The van der Waals surface area contributed by atoms with E-state index in [9.17, 15) is 10.2 Å². The van der Waals surface area contributed by atoms with E-state index in [0.29, 0.717) is 13.2 Å². The van der Waals surface area contributed by atoms with Crippen molar-refractivity contribution in [2.24, 2.45) is 0 Å². The number of phenols is 2. The molecule has 2 aromatic rings. The van der Waals surface area contributed by atoms with Crippen molar-refractivity contribution in [3.63, 3.8) is 0 Å². The molecule has 4 heteroatoms. The van der Waals surface area contributed by atoms with E-state index < -0.39 is 0 Å². The fourth-order valence-corrected chi connectivity index (χ4v) is 4.81. The SMILES string of the molecule is CCC(C)(C)c1cc(N(CCOC)c2cc(C(C)(C)CC)cc(C(C)(C)CC)c2O)c(O)c(C(C)(C)CC)c1. The standard InChI is InChI=1S/C35H57NO3/c1-14-32(5,6)24-20-26(34(9,10)16-3)30(37)28(22-24)36(18-19-39-13)29-23-25(33(7,8)15-2)21-27(31(29)38)35(11,12)17-4/h20-23,37-38H,14-19H2,1-13H3. The second-order valence-corrected chi connectivity index (χ2v) is 13.9. The first-order valence-corrected chi connectivity index (χ1v) is 15.0. The van der Waals surface area contributed by atoms with Crippen LogP contribution in [0.2, 0.25) is 0 Å². The summed E-state index contributed by atoms with van der Waals surface area (Å²) in [6.45, 7) is 27.5. The molecule has 39 heavy (non-hydrogen) atoms. The molecule has 0 heterocycles. The molecule has 2 aromatic carbocycles. The molecule has 0 amide bonds. The van der Waals surface area contributed by atoms with Gasteiger partial charge in [-0.15, -0.1) is 0 Å². The lowest BCUT2D eigenvalue weighted by Crippen LogP contribution is -2.27. The quantitative estimate of drug-likeness (QED) is 0.266. The molecule has 0 radical (unpaired) electrons. The topological polar surface area (TPSA) is 52.9 Å². The van der Waals surface area contributed by atoms with Crippen LogP contribution < -0.4 is 4.90 Å². The highest BCUT2D eigenvalue weighted by Gasteiger charge is 2.33. The third kappa shape index (κ3) is 6.76. The first kappa shape index (κ1) is 33.0. The Labute approximate surface area is 239 Å². The van der Waals surface area contributed by atoms with Crippen LogP contribution in [0.15, 0.2) is 24.3 Å². The maximum absolute atomic E-state index is 11.9. The number of benzene rings is 2. The molecule has 0 aliphatic rings. The summed E-state index contributed by atoms with van der Waals surface area (Å²) in [4.78, 5) is 2.09. The van der Waals surface area contributed by atoms with Crippen LogP contribution in [0.1, 0.15) is 131 Å². The zero-order valence-electron chi connectivity index (χ0n) is 27.3. The van der Waals surface area contributed by atoms with Crippen molar-refractivity contribution in [3.8, 4) is 11.5 Å². The molecule has 0 aliphatic carbocycles. The van der Waals surface area contributed by atoms with Crippen LogP contribution >= 0.6 is 0 Å².